The molecule has 0 bridgehead atoms. The Kier molecular flexibility index (Phi) is 9.03. The van der Waals surface area contributed by atoms with Crippen LogP contribution in [-0.4, -0.2) is 66.2 Å². The van der Waals surface area contributed by atoms with Crippen molar-refractivity contribution in [2.75, 3.05) is 39.3 Å². The molecule has 0 atom stereocenters. The summed E-state index contributed by atoms with van der Waals surface area (Å²) in [4.78, 5) is 25.9. The SMILES string of the molecule is CCNC(=NCc1coc(-c2cccs2)n1)N1CCN(C(=O)OCC)CC1.I. The zero-order chi connectivity index (χ0) is 19.1. The number of carbonyl (C=O) groups is 1. The van der Waals surface area contributed by atoms with Crippen LogP contribution >= 0.6 is 35.3 Å². The van der Waals surface area contributed by atoms with E-state index in [-0.39, 0.29) is 30.1 Å². The van der Waals surface area contributed by atoms with Crippen molar-refractivity contribution < 1.29 is 13.9 Å². The number of oxazole rings is 1. The highest BCUT2D eigenvalue weighted by Gasteiger charge is 2.23. The van der Waals surface area contributed by atoms with Gasteiger partial charge >= 0.3 is 6.09 Å². The summed E-state index contributed by atoms with van der Waals surface area (Å²) in [6.45, 7) is 8.13. The molecule has 1 aliphatic heterocycles. The van der Waals surface area contributed by atoms with Crippen LogP contribution in [0.4, 0.5) is 4.79 Å². The number of thiophene rings is 1. The third-order valence-corrected chi connectivity index (χ3v) is 4.97. The molecule has 0 unspecified atom stereocenters. The number of carbonyl (C=O) groups excluding carboxylic acids is 1. The van der Waals surface area contributed by atoms with Crippen LogP contribution in [0, 0.1) is 0 Å². The maximum absolute atomic E-state index is 11.8. The van der Waals surface area contributed by atoms with E-state index < -0.39 is 0 Å². The normalized spacial score (nSPS) is 14.6. The molecule has 2 aromatic rings. The summed E-state index contributed by atoms with van der Waals surface area (Å²) in [7, 11) is 0. The second kappa shape index (κ2) is 11.2. The van der Waals surface area contributed by atoms with E-state index >= 15 is 0 Å². The zero-order valence-corrected chi connectivity index (χ0v) is 19.2. The number of aliphatic imine (C=N–C) groups is 1. The number of aromatic nitrogens is 1. The summed E-state index contributed by atoms with van der Waals surface area (Å²) < 4.78 is 10.6. The van der Waals surface area contributed by atoms with Gasteiger partial charge in [-0.05, 0) is 25.3 Å². The molecule has 3 rings (SSSR count). The van der Waals surface area contributed by atoms with Gasteiger partial charge in [0.25, 0.3) is 0 Å². The minimum atomic E-state index is -0.247. The Balaban J connectivity index is 0.00000280. The number of ether oxygens (including phenoxy) is 1. The lowest BCUT2D eigenvalue weighted by Gasteiger charge is -2.35. The fourth-order valence-electron chi connectivity index (χ4n) is 2.79. The Bertz CT molecular complexity index is 757. The summed E-state index contributed by atoms with van der Waals surface area (Å²) in [6.07, 6.45) is 1.41. The third kappa shape index (κ3) is 5.84. The van der Waals surface area contributed by atoms with Gasteiger partial charge in [0.1, 0.15) is 12.0 Å². The van der Waals surface area contributed by atoms with Crippen LogP contribution in [0.5, 0.6) is 0 Å². The smallest absolute Gasteiger partial charge is 0.409 e. The van der Waals surface area contributed by atoms with Crippen molar-refractivity contribution in [1.29, 1.82) is 0 Å². The number of hydrogen-bond donors (Lipinski definition) is 1. The average Bonchev–Trinajstić information content (AvgIpc) is 3.37. The Hall–Kier alpha value is -1.82. The third-order valence-electron chi connectivity index (χ3n) is 4.11. The Labute approximate surface area is 186 Å². The zero-order valence-electron chi connectivity index (χ0n) is 16.1. The second-order valence-corrected chi connectivity index (χ2v) is 6.91. The molecule has 10 heteroatoms. The van der Waals surface area contributed by atoms with E-state index in [2.05, 4.69) is 20.2 Å². The standard InChI is InChI=1S/C18H25N5O3S.HI/c1-3-19-17(22-7-9-23(10-8-22)18(24)25-4-2)20-12-14-13-26-16(21-14)15-6-5-11-27-15;/h5-6,11,13H,3-4,7-10,12H2,1-2H3,(H,19,20);1H. The fraction of sp³-hybridized carbons (Fsp3) is 0.500. The van der Waals surface area contributed by atoms with Gasteiger partial charge in [-0.25, -0.2) is 14.8 Å². The van der Waals surface area contributed by atoms with E-state index in [1.54, 1.807) is 22.5 Å². The van der Waals surface area contributed by atoms with E-state index in [0.717, 1.165) is 23.1 Å². The maximum atomic E-state index is 11.8. The van der Waals surface area contributed by atoms with Crippen LogP contribution in [0.1, 0.15) is 19.5 Å². The molecule has 0 aromatic carbocycles. The monoisotopic (exact) mass is 519 g/mol. The minimum Gasteiger partial charge on any atom is -0.450 e. The molecule has 1 amide bonds. The van der Waals surface area contributed by atoms with Crippen molar-refractivity contribution in [3.63, 3.8) is 0 Å². The molecule has 1 N–H and O–H groups in total. The lowest BCUT2D eigenvalue weighted by Crippen LogP contribution is -2.53. The highest BCUT2D eigenvalue weighted by Crippen LogP contribution is 2.23. The summed E-state index contributed by atoms with van der Waals surface area (Å²) in [5.74, 6) is 1.45. The van der Waals surface area contributed by atoms with Crippen LogP contribution in [0.25, 0.3) is 10.8 Å². The molecule has 28 heavy (non-hydrogen) atoms. The van der Waals surface area contributed by atoms with Crippen molar-refractivity contribution in [2.24, 2.45) is 4.99 Å². The molecule has 8 nitrogen and oxygen atoms in total. The van der Waals surface area contributed by atoms with Gasteiger partial charge in [0.05, 0.1) is 18.0 Å². The summed E-state index contributed by atoms with van der Waals surface area (Å²) in [6, 6.07) is 3.96. The lowest BCUT2D eigenvalue weighted by molar-refractivity contribution is 0.0914. The molecular formula is C18H26IN5O3S. The second-order valence-electron chi connectivity index (χ2n) is 5.96. The molecule has 2 aromatic heterocycles. The van der Waals surface area contributed by atoms with Crippen LogP contribution in [0.3, 0.4) is 0 Å². The molecule has 0 saturated carbocycles. The molecule has 1 aliphatic rings. The van der Waals surface area contributed by atoms with E-state index in [0.29, 0.717) is 45.2 Å². The average molecular weight is 519 g/mol. The predicted molar refractivity (Wildman–Crippen MR) is 120 cm³/mol. The number of halogens is 1. The number of amides is 1. The molecule has 1 saturated heterocycles. The minimum absolute atomic E-state index is 0. The Morgan fingerprint density at radius 3 is 2.71 bits per heavy atom. The predicted octanol–water partition coefficient (Wildman–Crippen LogP) is 3.26. The highest BCUT2D eigenvalue weighted by atomic mass is 127. The fourth-order valence-corrected chi connectivity index (χ4v) is 3.45. The van der Waals surface area contributed by atoms with Crippen LogP contribution < -0.4 is 5.32 Å². The molecular weight excluding hydrogens is 493 g/mol. The first-order chi connectivity index (χ1) is 13.2. The Morgan fingerprint density at radius 2 is 2.07 bits per heavy atom. The largest absolute Gasteiger partial charge is 0.450 e. The van der Waals surface area contributed by atoms with E-state index in [9.17, 15) is 4.79 Å². The molecule has 154 valence electrons. The molecule has 3 heterocycles. The van der Waals surface area contributed by atoms with E-state index in [1.165, 1.54) is 0 Å². The number of rotatable bonds is 5. The van der Waals surface area contributed by atoms with Crippen LogP contribution in [0.15, 0.2) is 33.2 Å². The summed E-state index contributed by atoms with van der Waals surface area (Å²) >= 11 is 1.60. The van der Waals surface area contributed by atoms with Gasteiger partial charge in [-0.2, -0.15) is 0 Å². The van der Waals surface area contributed by atoms with Gasteiger partial charge < -0.3 is 24.3 Å². The number of guanidine groups is 1. The van der Waals surface area contributed by atoms with Gasteiger partial charge in [0.15, 0.2) is 5.96 Å². The summed E-state index contributed by atoms with van der Waals surface area (Å²) in [5, 5.41) is 5.31. The van der Waals surface area contributed by atoms with Crippen molar-refractivity contribution in [2.45, 2.75) is 20.4 Å². The van der Waals surface area contributed by atoms with Crippen LogP contribution in [0.2, 0.25) is 0 Å². The topological polar surface area (TPSA) is 83.2 Å². The van der Waals surface area contributed by atoms with Gasteiger partial charge in [-0.3, -0.25) is 0 Å². The van der Waals surface area contributed by atoms with E-state index in [1.807, 2.05) is 31.4 Å². The van der Waals surface area contributed by atoms with E-state index in [4.69, 9.17) is 9.15 Å². The number of nitrogens with one attached hydrogen (secondary N) is 1. The molecule has 1 fully saturated rings. The highest BCUT2D eigenvalue weighted by molar-refractivity contribution is 14.0. The Morgan fingerprint density at radius 1 is 1.32 bits per heavy atom. The van der Waals surface area contributed by atoms with Crippen molar-refractivity contribution >= 4 is 47.4 Å². The quantitative estimate of drug-likeness (QED) is 0.371. The molecule has 0 spiro atoms. The first kappa shape index (κ1) is 22.5. The van der Waals surface area contributed by atoms with Gasteiger partial charge in [0, 0.05) is 32.7 Å². The van der Waals surface area contributed by atoms with Gasteiger partial charge in [-0.1, -0.05) is 6.07 Å². The lowest BCUT2D eigenvalue weighted by atomic mass is 10.3. The van der Waals surface area contributed by atoms with Gasteiger partial charge in [-0.15, -0.1) is 35.3 Å². The molecule has 0 radical (unpaired) electrons. The number of hydrogen-bond acceptors (Lipinski definition) is 6. The molecule has 0 aliphatic carbocycles. The summed E-state index contributed by atoms with van der Waals surface area (Å²) in [5.41, 5.74) is 0.791. The first-order valence-electron chi connectivity index (χ1n) is 9.14. The maximum Gasteiger partial charge on any atom is 0.409 e. The number of nitrogens with zero attached hydrogens (tertiary/aromatic N) is 4. The van der Waals surface area contributed by atoms with Crippen molar-refractivity contribution in [1.82, 2.24) is 20.1 Å². The number of piperazine rings is 1. The first-order valence-corrected chi connectivity index (χ1v) is 10.0. The van der Waals surface area contributed by atoms with Crippen molar-refractivity contribution in [3.05, 3.63) is 29.5 Å². The van der Waals surface area contributed by atoms with Gasteiger partial charge in [0.2, 0.25) is 5.89 Å². The van der Waals surface area contributed by atoms with Crippen molar-refractivity contribution in [3.8, 4) is 10.8 Å². The van der Waals surface area contributed by atoms with Crippen LogP contribution in [-0.2, 0) is 11.3 Å².